The average Bonchev–Trinajstić information content (AvgIpc) is 2.91. The van der Waals surface area contributed by atoms with Crippen LogP contribution in [0.5, 0.6) is 17.2 Å². The van der Waals surface area contributed by atoms with Crippen molar-refractivity contribution in [2.45, 2.75) is 13.0 Å². The molecule has 2 aliphatic rings. The van der Waals surface area contributed by atoms with Gasteiger partial charge in [0.25, 0.3) is 0 Å². The second-order valence-corrected chi connectivity index (χ2v) is 8.71. The molecule has 4 heterocycles. The van der Waals surface area contributed by atoms with Crippen LogP contribution in [0, 0.1) is 0 Å². The zero-order valence-corrected chi connectivity index (χ0v) is 19.2. The third-order valence-electron chi connectivity index (χ3n) is 6.35. The molecular formula is C28H25N3O4. The predicted octanol–water partition coefficient (Wildman–Crippen LogP) is 4.55. The fraction of sp³-hybridized carbons (Fsp3) is 0.214. The van der Waals surface area contributed by atoms with Crippen molar-refractivity contribution in [3.05, 3.63) is 100 Å². The number of benzene rings is 2. The van der Waals surface area contributed by atoms with Crippen LogP contribution < -0.4 is 19.9 Å². The molecule has 6 rings (SSSR count). The number of nitrogens with zero attached hydrogens (tertiary/aromatic N) is 2. The van der Waals surface area contributed by atoms with Gasteiger partial charge in [0.15, 0.2) is 0 Å². The smallest absolute Gasteiger partial charge is 0.250 e. The summed E-state index contributed by atoms with van der Waals surface area (Å²) < 4.78 is 17.8. The molecule has 176 valence electrons. The summed E-state index contributed by atoms with van der Waals surface area (Å²) in [5.74, 6) is 2.36. The Morgan fingerprint density at radius 1 is 1.00 bits per heavy atom. The number of pyridine rings is 2. The number of ether oxygens (including phenoxy) is 3. The summed E-state index contributed by atoms with van der Waals surface area (Å²) >= 11 is 0. The van der Waals surface area contributed by atoms with Crippen LogP contribution >= 0.6 is 0 Å². The lowest BCUT2D eigenvalue weighted by Crippen LogP contribution is -2.36. The molecule has 2 aromatic carbocycles. The first kappa shape index (κ1) is 21.4. The molecule has 1 fully saturated rings. The highest BCUT2D eigenvalue weighted by Crippen LogP contribution is 2.43. The van der Waals surface area contributed by atoms with Gasteiger partial charge >= 0.3 is 0 Å². The first-order valence-corrected chi connectivity index (χ1v) is 11.7. The van der Waals surface area contributed by atoms with Gasteiger partial charge in [0, 0.05) is 65.9 Å². The van der Waals surface area contributed by atoms with Gasteiger partial charge in [-0.2, -0.15) is 0 Å². The second-order valence-electron chi connectivity index (χ2n) is 8.71. The van der Waals surface area contributed by atoms with E-state index in [4.69, 9.17) is 14.2 Å². The van der Waals surface area contributed by atoms with E-state index in [-0.39, 0.29) is 5.56 Å². The molecule has 35 heavy (non-hydrogen) atoms. The highest BCUT2D eigenvalue weighted by atomic mass is 16.5. The number of aromatic amines is 1. The Morgan fingerprint density at radius 3 is 2.77 bits per heavy atom. The Labute approximate surface area is 202 Å². The van der Waals surface area contributed by atoms with Crippen LogP contribution in [0.3, 0.4) is 0 Å². The topological polar surface area (TPSA) is 76.7 Å². The van der Waals surface area contributed by atoms with Gasteiger partial charge in [0.2, 0.25) is 5.56 Å². The normalized spacial score (nSPS) is 14.6. The Hall–Kier alpha value is -4.10. The van der Waals surface area contributed by atoms with Gasteiger partial charge < -0.3 is 24.1 Å². The summed E-state index contributed by atoms with van der Waals surface area (Å²) in [6.07, 6.45) is 4.27. The lowest BCUT2D eigenvalue weighted by molar-refractivity contribution is 0.122. The fourth-order valence-corrected chi connectivity index (χ4v) is 4.58. The first-order valence-electron chi connectivity index (χ1n) is 11.7. The van der Waals surface area contributed by atoms with Gasteiger partial charge in [-0.1, -0.05) is 18.2 Å². The Kier molecular flexibility index (Phi) is 5.68. The Bertz CT molecular complexity index is 1410. The Balaban J connectivity index is 1.27. The third kappa shape index (κ3) is 4.50. The number of para-hydroxylation sites is 1. The number of hydrogen-bond acceptors (Lipinski definition) is 6. The van der Waals surface area contributed by atoms with Crippen molar-refractivity contribution in [3.63, 3.8) is 0 Å². The zero-order chi connectivity index (χ0) is 23.6. The van der Waals surface area contributed by atoms with E-state index >= 15 is 0 Å². The van der Waals surface area contributed by atoms with Crippen molar-refractivity contribution in [1.82, 2.24) is 9.97 Å². The molecule has 1 N–H and O–H groups in total. The minimum atomic E-state index is -0.131. The molecule has 0 amide bonds. The molecule has 0 aliphatic carbocycles. The molecule has 1 saturated heterocycles. The van der Waals surface area contributed by atoms with Gasteiger partial charge in [-0.3, -0.25) is 9.78 Å². The summed E-state index contributed by atoms with van der Waals surface area (Å²) in [5.41, 5.74) is 5.54. The monoisotopic (exact) mass is 467 g/mol. The van der Waals surface area contributed by atoms with E-state index in [2.05, 4.69) is 20.9 Å². The number of anilines is 1. The summed E-state index contributed by atoms with van der Waals surface area (Å²) in [7, 11) is 0. The quantitative estimate of drug-likeness (QED) is 0.409. The van der Waals surface area contributed by atoms with Crippen molar-refractivity contribution in [2.75, 3.05) is 31.2 Å². The number of morpholine rings is 1. The maximum atomic E-state index is 12.5. The molecule has 0 saturated carbocycles. The minimum Gasteiger partial charge on any atom is -0.489 e. The number of aromatic nitrogens is 2. The van der Waals surface area contributed by atoms with Crippen molar-refractivity contribution >= 4 is 5.69 Å². The van der Waals surface area contributed by atoms with Crippen molar-refractivity contribution < 1.29 is 14.2 Å². The summed E-state index contributed by atoms with van der Waals surface area (Å²) in [4.78, 5) is 21.8. The standard InChI is InChI=1S/C28H25N3O4/c32-27-16-22(31-9-11-33-12-10-31)15-25(30-27)24-5-1-4-20-13-21-14-23(6-7-26(21)35-28(20)24)34-18-19-3-2-8-29-17-19/h1-8,14-17H,9-13,18H2,(H,30,32). The number of H-pyrrole nitrogens is 1. The summed E-state index contributed by atoms with van der Waals surface area (Å²) in [6.45, 7) is 3.32. The molecule has 2 aromatic heterocycles. The number of rotatable bonds is 5. The average molecular weight is 468 g/mol. The molecule has 0 radical (unpaired) electrons. The third-order valence-corrected chi connectivity index (χ3v) is 6.35. The SMILES string of the molecule is O=c1cc(N2CCOCC2)cc(-c2cccc3c2Oc2ccc(OCc4cccnc4)cc2C3)[nH]1. The van der Waals surface area contributed by atoms with Gasteiger partial charge in [-0.15, -0.1) is 0 Å². The van der Waals surface area contributed by atoms with E-state index in [9.17, 15) is 4.79 Å². The largest absolute Gasteiger partial charge is 0.489 e. The van der Waals surface area contributed by atoms with E-state index in [0.717, 1.165) is 70.4 Å². The van der Waals surface area contributed by atoms with Crippen molar-refractivity contribution in [1.29, 1.82) is 0 Å². The van der Waals surface area contributed by atoms with Crippen LogP contribution in [0.1, 0.15) is 16.7 Å². The van der Waals surface area contributed by atoms with Crippen LogP contribution in [0.15, 0.2) is 77.9 Å². The van der Waals surface area contributed by atoms with E-state index in [0.29, 0.717) is 19.8 Å². The van der Waals surface area contributed by atoms with Crippen molar-refractivity contribution in [3.8, 4) is 28.5 Å². The summed E-state index contributed by atoms with van der Waals surface area (Å²) in [6, 6.07) is 19.5. The maximum Gasteiger partial charge on any atom is 0.250 e. The number of fused-ring (bicyclic) bond motifs is 2. The van der Waals surface area contributed by atoms with Crippen LogP contribution in [0.2, 0.25) is 0 Å². The van der Waals surface area contributed by atoms with Gasteiger partial charge in [-0.25, -0.2) is 0 Å². The van der Waals surface area contributed by atoms with Gasteiger partial charge in [0.1, 0.15) is 23.9 Å². The molecule has 0 spiro atoms. The van der Waals surface area contributed by atoms with Crippen LogP contribution in [0.4, 0.5) is 5.69 Å². The number of nitrogens with one attached hydrogen (secondary N) is 1. The Morgan fingerprint density at radius 2 is 1.91 bits per heavy atom. The zero-order valence-electron chi connectivity index (χ0n) is 19.2. The lowest BCUT2D eigenvalue weighted by Gasteiger charge is -2.29. The maximum absolute atomic E-state index is 12.5. The van der Waals surface area contributed by atoms with Gasteiger partial charge in [0.05, 0.1) is 18.9 Å². The summed E-state index contributed by atoms with van der Waals surface area (Å²) in [5, 5.41) is 0. The molecule has 0 atom stereocenters. The molecule has 0 unspecified atom stereocenters. The van der Waals surface area contributed by atoms with Crippen LogP contribution in [0.25, 0.3) is 11.3 Å². The van der Waals surface area contributed by atoms with Crippen LogP contribution in [-0.4, -0.2) is 36.3 Å². The molecule has 7 nitrogen and oxygen atoms in total. The van der Waals surface area contributed by atoms with E-state index in [1.54, 1.807) is 18.5 Å². The molecule has 7 heteroatoms. The first-order chi connectivity index (χ1) is 17.2. The molecule has 0 bridgehead atoms. The molecular weight excluding hydrogens is 442 g/mol. The predicted molar refractivity (Wildman–Crippen MR) is 133 cm³/mol. The van der Waals surface area contributed by atoms with Crippen LogP contribution in [-0.2, 0) is 17.8 Å². The van der Waals surface area contributed by atoms with Crippen molar-refractivity contribution in [2.24, 2.45) is 0 Å². The minimum absolute atomic E-state index is 0.131. The van der Waals surface area contributed by atoms with Gasteiger partial charge in [-0.05, 0) is 36.4 Å². The second kappa shape index (κ2) is 9.27. The van der Waals surface area contributed by atoms with E-state index < -0.39 is 0 Å². The highest BCUT2D eigenvalue weighted by Gasteiger charge is 2.22. The molecule has 4 aromatic rings. The fourth-order valence-electron chi connectivity index (χ4n) is 4.58. The molecule has 2 aliphatic heterocycles. The lowest BCUT2D eigenvalue weighted by atomic mass is 9.96. The number of hydrogen-bond donors (Lipinski definition) is 1. The van der Waals surface area contributed by atoms with E-state index in [1.807, 2.05) is 48.5 Å². The highest BCUT2D eigenvalue weighted by molar-refractivity contribution is 5.74. The van der Waals surface area contributed by atoms with E-state index in [1.165, 1.54) is 0 Å².